The Morgan fingerprint density at radius 2 is 1.88 bits per heavy atom. The standard InChI is InChI=1S/C14H10FNO/c15-12-7-4-11(5-8-12)6-9-14(17)13-3-1-2-10-16-13/h1-10H/b9-6+. The van der Waals surface area contributed by atoms with E-state index in [4.69, 9.17) is 0 Å². The van der Waals surface area contributed by atoms with Gasteiger partial charge in [-0.1, -0.05) is 24.3 Å². The van der Waals surface area contributed by atoms with Crippen molar-refractivity contribution < 1.29 is 9.18 Å². The van der Waals surface area contributed by atoms with Crippen LogP contribution in [0.15, 0.2) is 54.7 Å². The van der Waals surface area contributed by atoms with Crippen LogP contribution >= 0.6 is 0 Å². The lowest BCUT2D eigenvalue weighted by Crippen LogP contribution is -1.96. The maximum absolute atomic E-state index is 12.6. The number of benzene rings is 1. The van der Waals surface area contributed by atoms with Crippen LogP contribution in [0.1, 0.15) is 16.1 Å². The van der Waals surface area contributed by atoms with Gasteiger partial charge in [-0.15, -0.1) is 0 Å². The van der Waals surface area contributed by atoms with Crippen molar-refractivity contribution >= 4 is 11.9 Å². The van der Waals surface area contributed by atoms with Gasteiger partial charge in [0.05, 0.1) is 0 Å². The van der Waals surface area contributed by atoms with Gasteiger partial charge in [0.1, 0.15) is 11.5 Å². The van der Waals surface area contributed by atoms with E-state index in [0.29, 0.717) is 5.69 Å². The molecule has 0 fully saturated rings. The Labute approximate surface area is 98.4 Å². The van der Waals surface area contributed by atoms with Gasteiger partial charge in [-0.05, 0) is 35.9 Å². The van der Waals surface area contributed by atoms with Gasteiger partial charge in [0, 0.05) is 6.20 Å². The van der Waals surface area contributed by atoms with Crippen LogP contribution in [-0.2, 0) is 0 Å². The number of allylic oxidation sites excluding steroid dienone is 1. The highest BCUT2D eigenvalue weighted by Gasteiger charge is 2.00. The Morgan fingerprint density at radius 3 is 2.53 bits per heavy atom. The average Bonchev–Trinajstić information content (AvgIpc) is 2.39. The van der Waals surface area contributed by atoms with Crippen LogP contribution in [-0.4, -0.2) is 10.8 Å². The summed E-state index contributed by atoms with van der Waals surface area (Å²) in [6.45, 7) is 0. The molecule has 0 unspecified atom stereocenters. The van der Waals surface area contributed by atoms with Crippen molar-refractivity contribution in [2.75, 3.05) is 0 Å². The number of carbonyl (C=O) groups is 1. The summed E-state index contributed by atoms with van der Waals surface area (Å²) < 4.78 is 12.6. The Kier molecular flexibility index (Phi) is 3.40. The zero-order valence-corrected chi connectivity index (χ0v) is 9.01. The molecule has 0 spiro atoms. The lowest BCUT2D eigenvalue weighted by atomic mass is 10.1. The number of halogens is 1. The molecule has 3 heteroatoms. The van der Waals surface area contributed by atoms with E-state index in [-0.39, 0.29) is 11.6 Å². The van der Waals surface area contributed by atoms with E-state index in [1.807, 2.05) is 0 Å². The van der Waals surface area contributed by atoms with Crippen LogP contribution in [0, 0.1) is 5.82 Å². The fraction of sp³-hybridized carbons (Fsp3) is 0. The largest absolute Gasteiger partial charge is 0.288 e. The topological polar surface area (TPSA) is 30.0 Å². The van der Waals surface area contributed by atoms with E-state index >= 15 is 0 Å². The quantitative estimate of drug-likeness (QED) is 0.595. The van der Waals surface area contributed by atoms with Crippen molar-refractivity contribution in [3.05, 3.63) is 71.8 Å². The first-order chi connectivity index (χ1) is 8.25. The smallest absolute Gasteiger partial charge is 0.204 e. The Balaban J connectivity index is 2.11. The molecule has 0 aliphatic heterocycles. The summed E-state index contributed by atoms with van der Waals surface area (Å²) in [4.78, 5) is 15.6. The normalized spacial score (nSPS) is 10.6. The minimum Gasteiger partial charge on any atom is -0.288 e. The number of pyridine rings is 1. The lowest BCUT2D eigenvalue weighted by molar-refractivity contribution is 0.104. The average molecular weight is 227 g/mol. The molecule has 2 nitrogen and oxygen atoms in total. The van der Waals surface area contributed by atoms with Gasteiger partial charge in [0.15, 0.2) is 0 Å². The summed E-state index contributed by atoms with van der Waals surface area (Å²) in [5.41, 5.74) is 1.17. The molecule has 0 bridgehead atoms. The van der Waals surface area contributed by atoms with Gasteiger partial charge in [-0.25, -0.2) is 4.39 Å². The molecule has 0 aliphatic rings. The molecule has 0 amide bonds. The molecule has 17 heavy (non-hydrogen) atoms. The summed E-state index contributed by atoms with van der Waals surface area (Å²) in [6, 6.07) is 11.1. The van der Waals surface area contributed by atoms with Gasteiger partial charge in [0.2, 0.25) is 5.78 Å². The number of carbonyl (C=O) groups excluding carboxylic acids is 1. The van der Waals surface area contributed by atoms with E-state index in [9.17, 15) is 9.18 Å². The summed E-state index contributed by atoms with van der Waals surface area (Å²) in [6.07, 6.45) is 4.63. The first-order valence-corrected chi connectivity index (χ1v) is 5.15. The zero-order valence-electron chi connectivity index (χ0n) is 9.01. The number of ketones is 1. The van der Waals surface area contributed by atoms with Gasteiger partial charge in [-0.3, -0.25) is 9.78 Å². The molecule has 0 N–H and O–H groups in total. The van der Waals surface area contributed by atoms with Crippen LogP contribution in [0.25, 0.3) is 6.08 Å². The zero-order chi connectivity index (χ0) is 12.1. The molecule has 0 saturated heterocycles. The minimum absolute atomic E-state index is 0.171. The molecule has 84 valence electrons. The number of nitrogens with zero attached hydrogens (tertiary/aromatic N) is 1. The molecular weight excluding hydrogens is 217 g/mol. The third-order valence-corrected chi connectivity index (χ3v) is 2.21. The molecule has 1 aromatic carbocycles. The van der Waals surface area contributed by atoms with Gasteiger partial charge >= 0.3 is 0 Å². The van der Waals surface area contributed by atoms with Crippen molar-refractivity contribution in [1.82, 2.24) is 4.98 Å². The highest BCUT2D eigenvalue weighted by atomic mass is 19.1. The van der Waals surface area contributed by atoms with Crippen molar-refractivity contribution in [1.29, 1.82) is 0 Å². The van der Waals surface area contributed by atoms with Crippen LogP contribution in [0.5, 0.6) is 0 Å². The predicted molar refractivity (Wildman–Crippen MR) is 64.0 cm³/mol. The number of rotatable bonds is 3. The Bertz CT molecular complexity index is 532. The molecule has 0 radical (unpaired) electrons. The molecule has 0 saturated carbocycles. The van der Waals surface area contributed by atoms with E-state index in [0.717, 1.165) is 5.56 Å². The summed E-state index contributed by atoms with van der Waals surface area (Å²) >= 11 is 0. The third kappa shape index (κ3) is 3.08. The second-order valence-corrected chi connectivity index (χ2v) is 3.46. The molecule has 1 heterocycles. The van der Waals surface area contributed by atoms with Gasteiger partial charge in [0.25, 0.3) is 0 Å². The number of hydrogen-bond donors (Lipinski definition) is 0. The maximum atomic E-state index is 12.6. The molecule has 2 rings (SSSR count). The van der Waals surface area contributed by atoms with Crippen LogP contribution < -0.4 is 0 Å². The maximum Gasteiger partial charge on any atom is 0.204 e. The molecule has 1 aromatic heterocycles. The summed E-state index contributed by atoms with van der Waals surface area (Å²) in [5, 5.41) is 0. The SMILES string of the molecule is O=C(/C=C/c1ccc(F)cc1)c1ccccn1. The highest BCUT2D eigenvalue weighted by Crippen LogP contribution is 2.06. The Hall–Kier alpha value is -2.29. The monoisotopic (exact) mass is 227 g/mol. The molecule has 2 aromatic rings. The number of hydrogen-bond acceptors (Lipinski definition) is 2. The highest BCUT2D eigenvalue weighted by molar-refractivity contribution is 6.05. The molecular formula is C14H10FNO. The molecule has 0 aliphatic carbocycles. The Morgan fingerprint density at radius 1 is 1.12 bits per heavy atom. The second kappa shape index (κ2) is 5.16. The van der Waals surface area contributed by atoms with E-state index < -0.39 is 0 Å². The van der Waals surface area contributed by atoms with Crippen LogP contribution in [0.3, 0.4) is 0 Å². The first kappa shape index (κ1) is 11.2. The fourth-order valence-corrected chi connectivity index (χ4v) is 1.34. The van der Waals surface area contributed by atoms with Gasteiger partial charge < -0.3 is 0 Å². The van der Waals surface area contributed by atoms with E-state index in [2.05, 4.69) is 4.98 Å². The fourth-order valence-electron chi connectivity index (χ4n) is 1.34. The number of aromatic nitrogens is 1. The third-order valence-electron chi connectivity index (χ3n) is 2.21. The van der Waals surface area contributed by atoms with E-state index in [1.165, 1.54) is 18.2 Å². The van der Waals surface area contributed by atoms with Crippen molar-refractivity contribution in [3.63, 3.8) is 0 Å². The predicted octanol–water partition coefficient (Wildman–Crippen LogP) is 3.12. The van der Waals surface area contributed by atoms with Gasteiger partial charge in [-0.2, -0.15) is 0 Å². The van der Waals surface area contributed by atoms with Crippen molar-refractivity contribution in [2.24, 2.45) is 0 Å². The first-order valence-electron chi connectivity index (χ1n) is 5.15. The minimum atomic E-state index is -0.293. The van der Waals surface area contributed by atoms with E-state index in [1.54, 1.807) is 42.6 Å². The lowest BCUT2D eigenvalue weighted by Gasteiger charge is -1.94. The second-order valence-electron chi connectivity index (χ2n) is 3.46. The van der Waals surface area contributed by atoms with Crippen LogP contribution in [0.4, 0.5) is 4.39 Å². The van der Waals surface area contributed by atoms with Crippen molar-refractivity contribution in [3.8, 4) is 0 Å². The summed E-state index contributed by atoms with van der Waals surface area (Å²) in [7, 11) is 0. The molecule has 0 atom stereocenters. The van der Waals surface area contributed by atoms with Crippen LogP contribution in [0.2, 0.25) is 0 Å². The van der Waals surface area contributed by atoms with Crippen molar-refractivity contribution in [2.45, 2.75) is 0 Å². The summed E-state index contributed by atoms with van der Waals surface area (Å²) in [5.74, 6) is -0.465.